The van der Waals surface area contributed by atoms with Gasteiger partial charge in [0.25, 0.3) is 0 Å². The van der Waals surface area contributed by atoms with Crippen LogP contribution in [0.5, 0.6) is 0 Å². The van der Waals surface area contributed by atoms with E-state index < -0.39 is 10.0 Å². The molecule has 0 aromatic heterocycles. The van der Waals surface area contributed by atoms with E-state index in [2.05, 4.69) is 5.32 Å². The molecular formula is C7H16N2O2S. The van der Waals surface area contributed by atoms with Gasteiger partial charge >= 0.3 is 0 Å². The average molecular weight is 192 g/mol. The van der Waals surface area contributed by atoms with Crippen LogP contribution in [0.2, 0.25) is 0 Å². The number of nitrogens with one attached hydrogen (secondary N) is 1. The fourth-order valence-corrected chi connectivity index (χ4v) is 2.39. The second-order valence-electron chi connectivity index (χ2n) is 3.35. The van der Waals surface area contributed by atoms with Gasteiger partial charge in [-0.15, -0.1) is 0 Å². The van der Waals surface area contributed by atoms with E-state index in [0.29, 0.717) is 0 Å². The van der Waals surface area contributed by atoms with E-state index in [1.807, 2.05) is 0 Å². The molecule has 1 N–H and O–H groups in total. The molecule has 0 radical (unpaired) electrons. The van der Waals surface area contributed by atoms with Crippen molar-refractivity contribution >= 4 is 10.0 Å². The minimum atomic E-state index is -3.01. The lowest BCUT2D eigenvalue weighted by atomic mass is 10.3. The molecule has 0 aromatic rings. The Kier molecular flexibility index (Phi) is 3.09. The highest BCUT2D eigenvalue weighted by Crippen LogP contribution is 2.08. The molecule has 1 fully saturated rings. The Labute approximate surface area is 74.0 Å². The molecule has 1 saturated heterocycles. The molecule has 0 spiro atoms. The third-order valence-electron chi connectivity index (χ3n) is 2.13. The largest absolute Gasteiger partial charge is 0.313 e. The monoisotopic (exact) mass is 192 g/mol. The predicted octanol–water partition coefficient (Wildman–Crippen LogP) is -0.370. The van der Waals surface area contributed by atoms with Crippen molar-refractivity contribution in [2.75, 3.05) is 26.4 Å². The second kappa shape index (κ2) is 3.72. The molecule has 12 heavy (non-hydrogen) atoms. The summed E-state index contributed by atoms with van der Waals surface area (Å²) < 4.78 is 24.0. The van der Waals surface area contributed by atoms with E-state index in [4.69, 9.17) is 0 Å². The Hall–Kier alpha value is -0.130. The van der Waals surface area contributed by atoms with E-state index in [-0.39, 0.29) is 11.8 Å². The molecule has 0 aliphatic carbocycles. The highest BCUT2D eigenvalue weighted by atomic mass is 32.2. The third kappa shape index (κ3) is 2.43. The molecule has 0 saturated carbocycles. The fourth-order valence-electron chi connectivity index (χ4n) is 1.30. The first-order chi connectivity index (χ1) is 5.52. The van der Waals surface area contributed by atoms with Crippen molar-refractivity contribution in [1.29, 1.82) is 0 Å². The maximum absolute atomic E-state index is 11.4. The van der Waals surface area contributed by atoms with E-state index in [0.717, 1.165) is 19.4 Å². The van der Waals surface area contributed by atoms with Gasteiger partial charge in [-0.25, -0.2) is 12.7 Å². The van der Waals surface area contributed by atoms with Crippen LogP contribution in [0.25, 0.3) is 0 Å². The minimum Gasteiger partial charge on any atom is -0.313 e. The van der Waals surface area contributed by atoms with Crippen LogP contribution in [0.15, 0.2) is 0 Å². The van der Waals surface area contributed by atoms with Gasteiger partial charge in [0.1, 0.15) is 0 Å². The molecule has 1 aliphatic heterocycles. The summed E-state index contributed by atoms with van der Waals surface area (Å²) in [6, 6.07) is 0.164. The lowest BCUT2D eigenvalue weighted by Gasteiger charge is -2.15. The fraction of sp³-hybridized carbons (Fsp3) is 1.00. The summed E-state index contributed by atoms with van der Waals surface area (Å²) in [7, 11) is 0.137. The standard InChI is InChI=1S/C7H16N2O2S/c1-9(2)12(10,11)6-7-4-3-5-8-7/h7-8H,3-6H2,1-2H3. The summed E-state index contributed by atoms with van der Waals surface area (Å²) in [6.45, 7) is 0.952. The predicted molar refractivity (Wildman–Crippen MR) is 48.5 cm³/mol. The summed E-state index contributed by atoms with van der Waals surface area (Å²) in [6.07, 6.45) is 2.07. The van der Waals surface area contributed by atoms with Gasteiger partial charge in [0.15, 0.2) is 0 Å². The van der Waals surface area contributed by atoms with Crippen LogP contribution in [0.1, 0.15) is 12.8 Å². The summed E-state index contributed by atoms with van der Waals surface area (Å²) >= 11 is 0. The number of hydrogen-bond acceptors (Lipinski definition) is 3. The Balaban J connectivity index is 2.49. The second-order valence-corrected chi connectivity index (χ2v) is 5.58. The number of nitrogens with zero attached hydrogens (tertiary/aromatic N) is 1. The summed E-state index contributed by atoms with van der Waals surface area (Å²) in [5.74, 6) is 0.236. The zero-order valence-corrected chi connectivity index (χ0v) is 8.39. The van der Waals surface area contributed by atoms with Crippen molar-refractivity contribution < 1.29 is 8.42 Å². The Morgan fingerprint density at radius 3 is 2.58 bits per heavy atom. The zero-order chi connectivity index (χ0) is 9.19. The van der Waals surface area contributed by atoms with E-state index in [1.54, 1.807) is 14.1 Å². The molecule has 1 heterocycles. The highest BCUT2D eigenvalue weighted by molar-refractivity contribution is 7.89. The molecule has 1 atom stereocenters. The van der Waals surface area contributed by atoms with Crippen LogP contribution in [-0.4, -0.2) is 45.2 Å². The first-order valence-corrected chi connectivity index (χ1v) is 5.77. The van der Waals surface area contributed by atoms with Crippen LogP contribution in [-0.2, 0) is 10.0 Å². The molecule has 1 unspecified atom stereocenters. The summed E-state index contributed by atoms with van der Waals surface area (Å²) in [5, 5.41) is 3.16. The quantitative estimate of drug-likeness (QED) is 0.664. The van der Waals surface area contributed by atoms with E-state index >= 15 is 0 Å². The Morgan fingerprint density at radius 1 is 1.50 bits per heavy atom. The van der Waals surface area contributed by atoms with Crippen molar-refractivity contribution in [2.24, 2.45) is 0 Å². The first-order valence-electron chi connectivity index (χ1n) is 4.16. The summed E-state index contributed by atoms with van der Waals surface area (Å²) in [4.78, 5) is 0. The summed E-state index contributed by atoms with van der Waals surface area (Å²) in [5.41, 5.74) is 0. The molecule has 0 bridgehead atoms. The first kappa shape index (κ1) is 9.95. The number of hydrogen-bond donors (Lipinski definition) is 1. The van der Waals surface area contributed by atoms with E-state index in [9.17, 15) is 8.42 Å². The van der Waals surface area contributed by atoms with Crippen molar-refractivity contribution in [2.45, 2.75) is 18.9 Å². The topological polar surface area (TPSA) is 49.4 Å². The lowest BCUT2D eigenvalue weighted by molar-refractivity contribution is 0.508. The van der Waals surface area contributed by atoms with Crippen LogP contribution in [0.3, 0.4) is 0 Å². The van der Waals surface area contributed by atoms with E-state index in [1.165, 1.54) is 4.31 Å². The van der Waals surface area contributed by atoms with Gasteiger partial charge < -0.3 is 5.32 Å². The number of sulfonamides is 1. The molecule has 1 rings (SSSR count). The van der Waals surface area contributed by atoms with Crippen LogP contribution >= 0.6 is 0 Å². The van der Waals surface area contributed by atoms with Crippen molar-refractivity contribution in [3.8, 4) is 0 Å². The van der Waals surface area contributed by atoms with Crippen molar-refractivity contribution in [1.82, 2.24) is 9.62 Å². The molecular weight excluding hydrogens is 176 g/mol. The molecule has 0 amide bonds. The minimum absolute atomic E-state index is 0.164. The molecule has 1 aliphatic rings. The molecule has 72 valence electrons. The maximum atomic E-state index is 11.4. The van der Waals surface area contributed by atoms with Crippen molar-refractivity contribution in [3.05, 3.63) is 0 Å². The lowest BCUT2D eigenvalue weighted by Crippen LogP contribution is -2.35. The third-order valence-corrected chi connectivity index (χ3v) is 4.07. The molecule has 4 nitrogen and oxygen atoms in total. The maximum Gasteiger partial charge on any atom is 0.215 e. The van der Waals surface area contributed by atoms with Gasteiger partial charge in [0.2, 0.25) is 10.0 Å². The van der Waals surface area contributed by atoms with Crippen LogP contribution < -0.4 is 5.32 Å². The van der Waals surface area contributed by atoms with Gasteiger partial charge in [0.05, 0.1) is 5.75 Å². The molecule has 5 heteroatoms. The van der Waals surface area contributed by atoms with Gasteiger partial charge in [-0.1, -0.05) is 0 Å². The van der Waals surface area contributed by atoms with Gasteiger partial charge in [0, 0.05) is 20.1 Å². The van der Waals surface area contributed by atoms with Gasteiger partial charge in [-0.2, -0.15) is 0 Å². The smallest absolute Gasteiger partial charge is 0.215 e. The highest BCUT2D eigenvalue weighted by Gasteiger charge is 2.23. The van der Waals surface area contributed by atoms with Gasteiger partial charge in [-0.3, -0.25) is 0 Å². The normalized spacial score (nSPS) is 25.1. The Bertz CT molecular complexity index is 230. The SMILES string of the molecule is CN(C)S(=O)(=O)CC1CCCN1. The van der Waals surface area contributed by atoms with Crippen molar-refractivity contribution in [3.63, 3.8) is 0 Å². The zero-order valence-electron chi connectivity index (χ0n) is 7.58. The average Bonchev–Trinajstić information content (AvgIpc) is 2.38. The van der Waals surface area contributed by atoms with Gasteiger partial charge in [-0.05, 0) is 19.4 Å². The number of rotatable bonds is 3. The van der Waals surface area contributed by atoms with Crippen LogP contribution in [0.4, 0.5) is 0 Å². The Morgan fingerprint density at radius 2 is 2.17 bits per heavy atom. The molecule has 0 aromatic carbocycles. The van der Waals surface area contributed by atoms with Crippen LogP contribution in [0, 0.1) is 0 Å².